The molecule has 8 heteroatoms. The van der Waals surface area contributed by atoms with Crippen LogP contribution in [0.15, 0.2) is 35.3 Å². The summed E-state index contributed by atoms with van der Waals surface area (Å²) in [5.41, 5.74) is 2.66. The lowest BCUT2D eigenvalue weighted by atomic mass is 9.96. The van der Waals surface area contributed by atoms with Crippen LogP contribution in [0.4, 0.5) is 10.8 Å². The van der Waals surface area contributed by atoms with Crippen LogP contribution in [-0.2, 0) is 12.5 Å². The first-order valence-corrected chi connectivity index (χ1v) is 8.73. The summed E-state index contributed by atoms with van der Waals surface area (Å²) in [5, 5.41) is 8.12. The minimum Gasteiger partial charge on any atom is -0.331 e. The topological polar surface area (TPSA) is 77.1 Å². The van der Waals surface area contributed by atoms with Crippen molar-refractivity contribution in [1.82, 2.24) is 24.1 Å². The van der Waals surface area contributed by atoms with Gasteiger partial charge < -0.3 is 9.88 Å². The van der Waals surface area contributed by atoms with Gasteiger partial charge in [0.25, 0.3) is 5.56 Å². The Morgan fingerprint density at radius 3 is 2.72 bits per heavy atom. The Kier molecular flexibility index (Phi) is 3.40. The highest BCUT2D eigenvalue weighted by Gasteiger charge is 2.21. The summed E-state index contributed by atoms with van der Waals surface area (Å²) in [6, 6.07) is 7.41. The molecule has 0 radical (unpaired) electrons. The molecule has 0 amide bonds. The van der Waals surface area contributed by atoms with Crippen molar-refractivity contribution in [2.45, 2.75) is 26.2 Å². The predicted molar refractivity (Wildman–Crippen MR) is 99.8 cm³/mol. The first kappa shape index (κ1) is 15.8. The van der Waals surface area contributed by atoms with E-state index in [1.54, 1.807) is 0 Å². The highest BCUT2D eigenvalue weighted by molar-refractivity contribution is 7.20. The Labute approximate surface area is 148 Å². The molecule has 1 N–H and O–H groups in total. The Balaban J connectivity index is 1.74. The van der Waals surface area contributed by atoms with E-state index in [2.05, 4.69) is 40.7 Å². The second-order valence-electron chi connectivity index (χ2n) is 6.96. The standard InChI is InChI=1S/C17H18N6OS/c1-17(2,3)14-20-11-9-10(5-6-12(11)22(14)4)19-15-21-23-13(24)7-8-18-16(23)25-15/h5-9H,1-4H3,(H,19,21). The highest BCUT2D eigenvalue weighted by Crippen LogP contribution is 2.28. The summed E-state index contributed by atoms with van der Waals surface area (Å²) >= 11 is 1.33. The summed E-state index contributed by atoms with van der Waals surface area (Å²) in [6.45, 7) is 6.46. The Bertz CT molecular complexity index is 1150. The van der Waals surface area contributed by atoms with E-state index in [1.165, 1.54) is 28.1 Å². The van der Waals surface area contributed by atoms with Gasteiger partial charge in [0.2, 0.25) is 10.1 Å². The van der Waals surface area contributed by atoms with Crippen molar-refractivity contribution in [3.8, 4) is 0 Å². The molecule has 0 aliphatic carbocycles. The number of imidazole rings is 1. The van der Waals surface area contributed by atoms with Crippen LogP contribution in [0.2, 0.25) is 0 Å². The van der Waals surface area contributed by atoms with E-state index in [0.717, 1.165) is 22.5 Å². The van der Waals surface area contributed by atoms with E-state index < -0.39 is 0 Å². The van der Waals surface area contributed by atoms with Crippen molar-refractivity contribution in [1.29, 1.82) is 0 Å². The molecule has 1 aromatic carbocycles. The lowest BCUT2D eigenvalue weighted by molar-refractivity contribution is 0.526. The molecule has 0 fully saturated rings. The maximum absolute atomic E-state index is 11.8. The number of benzene rings is 1. The Hall–Kier alpha value is -2.74. The zero-order valence-electron chi connectivity index (χ0n) is 14.4. The monoisotopic (exact) mass is 354 g/mol. The van der Waals surface area contributed by atoms with Crippen LogP contribution in [0, 0.1) is 0 Å². The number of hydrogen-bond acceptors (Lipinski definition) is 6. The van der Waals surface area contributed by atoms with Gasteiger partial charge in [0.15, 0.2) is 0 Å². The smallest absolute Gasteiger partial charge is 0.275 e. The lowest BCUT2D eigenvalue weighted by Crippen LogP contribution is -2.17. The number of fused-ring (bicyclic) bond motifs is 2. The van der Waals surface area contributed by atoms with E-state index >= 15 is 0 Å². The SMILES string of the molecule is Cn1c(C(C)(C)C)nc2cc(Nc3nn4c(=O)ccnc4s3)ccc21. The van der Waals surface area contributed by atoms with E-state index in [0.29, 0.717) is 10.1 Å². The summed E-state index contributed by atoms with van der Waals surface area (Å²) in [6.07, 6.45) is 1.49. The summed E-state index contributed by atoms with van der Waals surface area (Å²) in [7, 11) is 2.04. The van der Waals surface area contributed by atoms with Crippen LogP contribution >= 0.6 is 11.3 Å². The predicted octanol–water partition coefficient (Wildman–Crippen LogP) is 3.08. The van der Waals surface area contributed by atoms with Crippen molar-refractivity contribution in [3.05, 3.63) is 46.6 Å². The lowest BCUT2D eigenvalue weighted by Gasteiger charge is -2.17. The highest BCUT2D eigenvalue weighted by atomic mass is 32.1. The van der Waals surface area contributed by atoms with Crippen molar-refractivity contribution >= 4 is 38.2 Å². The number of aromatic nitrogens is 5. The maximum Gasteiger partial charge on any atom is 0.275 e. The second-order valence-corrected chi connectivity index (χ2v) is 7.91. The van der Waals surface area contributed by atoms with Crippen LogP contribution < -0.4 is 10.9 Å². The molecule has 0 saturated heterocycles. The zero-order chi connectivity index (χ0) is 17.8. The van der Waals surface area contributed by atoms with E-state index in [4.69, 9.17) is 4.98 Å². The average molecular weight is 354 g/mol. The van der Waals surface area contributed by atoms with Gasteiger partial charge in [-0.2, -0.15) is 4.52 Å². The summed E-state index contributed by atoms with van der Waals surface area (Å²) in [4.78, 5) is 21.3. The van der Waals surface area contributed by atoms with Crippen LogP contribution in [0.3, 0.4) is 0 Å². The van der Waals surface area contributed by atoms with Crippen LogP contribution in [0.5, 0.6) is 0 Å². The van der Waals surface area contributed by atoms with Crippen molar-refractivity contribution in [3.63, 3.8) is 0 Å². The van der Waals surface area contributed by atoms with Gasteiger partial charge >= 0.3 is 0 Å². The number of hydrogen-bond donors (Lipinski definition) is 1. The minimum absolute atomic E-state index is 0.0266. The van der Waals surface area contributed by atoms with Gasteiger partial charge in [0.05, 0.1) is 11.0 Å². The number of nitrogens with zero attached hydrogens (tertiary/aromatic N) is 5. The Morgan fingerprint density at radius 2 is 2.00 bits per heavy atom. The van der Waals surface area contributed by atoms with Crippen LogP contribution in [0.1, 0.15) is 26.6 Å². The molecule has 0 spiro atoms. The molecule has 0 saturated carbocycles. The molecule has 128 valence electrons. The quantitative estimate of drug-likeness (QED) is 0.599. The van der Waals surface area contributed by atoms with Gasteiger partial charge in [0, 0.05) is 30.4 Å². The first-order valence-electron chi connectivity index (χ1n) is 7.92. The third kappa shape index (κ3) is 2.68. The number of rotatable bonds is 2. The number of aryl methyl sites for hydroxylation is 1. The summed E-state index contributed by atoms with van der Waals surface area (Å²) in [5.74, 6) is 1.04. The van der Waals surface area contributed by atoms with Gasteiger partial charge in [0.1, 0.15) is 5.82 Å². The average Bonchev–Trinajstić information content (AvgIpc) is 3.09. The van der Waals surface area contributed by atoms with Gasteiger partial charge in [-0.3, -0.25) is 4.79 Å². The van der Waals surface area contributed by atoms with Crippen LogP contribution in [-0.4, -0.2) is 24.1 Å². The van der Waals surface area contributed by atoms with Gasteiger partial charge in [-0.1, -0.05) is 32.1 Å². The summed E-state index contributed by atoms with van der Waals surface area (Å²) < 4.78 is 3.42. The van der Waals surface area contributed by atoms with Crippen molar-refractivity contribution in [2.75, 3.05) is 5.32 Å². The fraction of sp³-hybridized carbons (Fsp3) is 0.294. The molecule has 25 heavy (non-hydrogen) atoms. The molecule has 3 aromatic heterocycles. The van der Waals surface area contributed by atoms with E-state index in [1.807, 2.05) is 25.2 Å². The molecule has 0 bridgehead atoms. The van der Waals surface area contributed by atoms with Crippen molar-refractivity contribution in [2.24, 2.45) is 7.05 Å². The molecule has 4 rings (SSSR count). The normalized spacial score (nSPS) is 12.2. The zero-order valence-corrected chi connectivity index (χ0v) is 15.3. The van der Waals surface area contributed by atoms with Gasteiger partial charge in [-0.15, -0.1) is 5.10 Å². The van der Waals surface area contributed by atoms with Gasteiger partial charge in [-0.25, -0.2) is 9.97 Å². The third-order valence-corrected chi connectivity index (χ3v) is 4.81. The number of nitrogens with one attached hydrogen (secondary N) is 1. The van der Waals surface area contributed by atoms with Crippen molar-refractivity contribution < 1.29 is 0 Å². The van der Waals surface area contributed by atoms with Gasteiger partial charge in [-0.05, 0) is 18.2 Å². The molecule has 3 heterocycles. The maximum atomic E-state index is 11.8. The molecular formula is C17H18N6OS. The minimum atomic E-state index is -0.190. The molecule has 4 aromatic rings. The number of anilines is 2. The molecular weight excluding hydrogens is 336 g/mol. The first-order chi connectivity index (χ1) is 11.8. The van der Waals surface area contributed by atoms with E-state index in [-0.39, 0.29) is 11.0 Å². The third-order valence-electron chi connectivity index (χ3n) is 3.97. The fourth-order valence-electron chi connectivity index (χ4n) is 2.87. The largest absolute Gasteiger partial charge is 0.331 e. The molecule has 0 atom stereocenters. The van der Waals surface area contributed by atoms with Crippen LogP contribution in [0.25, 0.3) is 16.0 Å². The second kappa shape index (κ2) is 5.38. The molecule has 0 aliphatic rings. The molecule has 0 unspecified atom stereocenters. The molecule has 0 aliphatic heterocycles. The fourth-order valence-corrected chi connectivity index (χ4v) is 3.66. The van der Waals surface area contributed by atoms with E-state index in [9.17, 15) is 4.79 Å². The Morgan fingerprint density at radius 1 is 1.20 bits per heavy atom. The molecule has 7 nitrogen and oxygen atoms in total.